The van der Waals surface area contributed by atoms with E-state index in [-0.39, 0.29) is 55.9 Å². The Morgan fingerprint density at radius 3 is 2.47 bits per heavy atom. The molecule has 3 atom stereocenters. The van der Waals surface area contributed by atoms with E-state index >= 15 is 0 Å². The van der Waals surface area contributed by atoms with Gasteiger partial charge in [-0.1, -0.05) is 58.0 Å². The number of amides is 2. The van der Waals surface area contributed by atoms with Gasteiger partial charge in [0, 0.05) is 18.8 Å². The van der Waals surface area contributed by atoms with Gasteiger partial charge in [0.05, 0.1) is 31.1 Å². The summed E-state index contributed by atoms with van der Waals surface area (Å²) in [4.78, 5) is 68.1. The standard InChI is InChI=1S/C28H35N3O7/c1-16(2)21(12-24(33)37-15-18-8-6-5-7-9-18)27(35)31-25(17(3)4)22(32)11-19-10-20-13-29-23(38-20)14-30-28(36)26(19)34/h5-9,13,16-17,19,21,25H,10-12,14-15H2,1-4H3,(H,30,36)(H,31,35). The van der Waals surface area contributed by atoms with E-state index in [1.54, 1.807) is 13.8 Å². The van der Waals surface area contributed by atoms with E-state index in [0.717, 1.165) is 5.56 Å². The summed E-state index contributed by atoms with van der Waals surface area (Å²) in [6.45, 7) is 7.29. The summed E-state index contributed by atoms with van der Waals surface area (Å²) >= 11 is 0. The predicted molar refractivity (Wildman–Crippen MR) is 136 cm³/mol. The van der Waals surface area contributed by atoms with Gasteiger partial charge >= 0.3 is 5.97 Å². The van der Waals surface area contributed by atoms with Gasteiger partial charge in [-0.15, -0.1) is 0 Å². The minimum absolute atomic E-state index is 0.0136. The molecule has 3 rings (SSSR count). The number of ether oxygens (including phenoxy) is 1. The van der Waals surface area contributed by atoms with Crippen LogP contribution in [0.3, 0.4) is 0 Å². The first-order valence-corrected chi connectivity index (χ1v) is 12.8. The normalized spacial score (nSPS) is 17.2. The number of aromatic nitrogens is 1. The lowest BCUT2D eigenvalue weighted by molar-refractivity contribution is -0.149. The number of fused-ring (bicyclic) bond motifs is 2. The average Bonchev–Trinajstić information content (AvgIpc) is 3.35. The molecular weight excluding hydrogens is 490 g/mol. The molecule has 0 saturated carbocycles. The van der Waals surface area contributed by atoms with Crippen molar-refractivity contribution in [3.63, 3.8) is 0 Å². The van der Waals surface area contributed by atoms with E-state index in [2.05, 4.69) is 15.6 Å². The van der Waals surface area contributed by atoms with Crippen LogP contribution in [0, 0.1) is 23.7 Å². The van der Waals surface area contributed by atoms with Crippen molar-refractivity contribution in [2.24, 2.45) is 23.7 Å². The lowest BCUT2D eigenvalue weighted by Gasteiger charge is -2.27. The third-order valence-corrected chi connectivity index (χ3v) is 6.57. The zero-order valence-electron chi connectivity index (χ0n) is 22.2. The SMILES string of the molecule is CC(C)C(CC(=O)OCc1ccccc1)C(=O)NC(C(=O)CC1Cc2cnc(o2)CNC(=O)C1=O)C(C)C. The van der Waals surface area contributed by atoms with Crippen LogP contribution in [0.4, 0.5) is 0 Å². The first kappa shape index (κ1) is 28.7. The number of benzene rings is 1. The predicted octanol–water partition coefficient (Wildman–Crippen LogP) is 2.54. The number of nitrogens with zero attached hydrogens (tertiary/aromatic N) is 1. The Labute approximate surface area is 221 Å². The van der Waals surface area contributed by atoms with Crippen molar-refractivity contribution in [3.8, 4) is 0 Å². The maximum Gasteiger partial charge on any atom is 0.306 e. The van der Waals surface area contributed by atoms with Gasteiger partial charge < -0.3 is 19.8 Å². The fourth-order valence-corrected chi connectivity index (χ4v) is 4.31. The molecular formula is C28H35N3O7. The molecule has 2 bridgehead atoms. The van der Waals surface area contributed by atoms with Gasteiger partial charge in [-0.3, -0.25) is 24.0 Å². The lowest BCUT2D eigenvalue weighted by atomic mass is 9.86. The summed E-state index contributed by atoms with van der Waals surface area (Å²) in [7, 11) is 0. The minimum atomic E-state index is -0.951. The minimum Gasteiger partial charge on any atom is -0.461 e. The molecule has 2 aromatic rings. The first-order chi connectivity index (χ1) is 18.0. The summed E-state index contributed by atoms with van der Waals surface area (Å²) in [5.41, 5.74) is 0.839. The maximum atomic E-state index is 13.3. The Morgan fingerprint density at radius 2 is 1.82 bits per heavy atom. The molecule has 0 spiro atoms. The number of rotatable bonds is 11. The fraction of sp³-hybridized carbons (Fsp3) is 0.500. The Bertz CT molecular complexity index is 1160. The third-order valence-electron chi connectivity index (χ3n) is 6.57. The van der Waals surface area contributed by atoms with Crippen LogP contribution >= 0.6 is 0 Å². The molecule has 1 aromatic heterocycles. The summed E-state index contributed by atoms with van der Waals surface area (Å²) in [5.74, 6) is -4.32. The van der Waals surface area contributed by atoms with E-state index in [1.165, 1.54) is 6.20 Å². The number of esters is 1. The van der Waals surface area contributed by atoms with Crippen LogP contribution in [0.15, 0.2) is 40.9 Å². The van der Waals surface area contributed by atoms with Crippen LogP contribution in [-0.4, -0.2) is 40.4 Å². The molecule has 2 heterocycles. The molecule has 10 nitrogen and oxygen atoms in total. The highest BCUT2D eigenvalue weighted by Gasteiger charge is 2.35. The second-order valence-corrected chi connectivity index (χ2v) is 10.3. The van der Waals surface area contributed by atoms with Crippen molar-refractivity contribution in [3.05, 3.63) is 53.7 Å². The molecule has 1 aliphatic rings. The number of Topliss-reactive ketones (excluding diaryl/α,β-unsaturated/α-hetero) is 2. The molecule has 2 amide bonds. The highest BCUT2D eigenvalue weighted by atomic mass is 16.5. The molecule has 0 aliphatic carbocycles. The maximum absolute atomic E-state index is 13.3. The highest BCUT2D eigenvalue weighted by Crippen LogP contribution is 2.22. The molecule has 0 radical (unpaired) electrons. The number of ketones is 2. The zero-order valence-corrected chi connectivity index (χ0v) is 22.2. The third kappa shape index (κ3) is 7.84. The van der Waals surface area contributed by atoms with Crippen LogP contribution < -0.4 is 10.6 Å². The number of nitrogens with one attached hydrogen (secondary N) is 2. The molecule has 3 unspecified atom stereocenters. The van der Waals surface area contributed by atoms with E-state index in [0.29, 0.717) is 5.76 Å². The smallest absolute Gasteiger partial charge is 0.306 e. The Morgan fingerprint density at radius 1 is 1.11 bits per heavy atom. The van der Waals surface area contributed by atoms with E-state index in [4.69, 9.17) is 9.15 Å². The Balaban J connectivity index is 1.65. The molecule has 10 heteroatoms. The molecule has 1 aliphatic heterocycles. The van der Waals surface area contributed by atoms with Crippen LogP contribution in [0.1, 0.15) is 57.8 Å². The number of carbonyl (C=O) groups is 5. The van der Waals surface area contributed by atoms with Crippen molar-refractivity contribution < 1.29 is 33.1 Å². The van der Waals surface area contributed by atoms with Gasteiger partial charge in [-0.05, 0) is 17.4 Å². The van der Waals surface area contributed by atoms with E-state index in [9.17, 15) is 24.0 Å². The van der Waals surface area contributed by atoms with Crippen molar-refractivity contribution in [1.82, 2.24) is 15.6 Å². The number of carbonyl (C=O) groups excluding carboxylic acids is 5. The van der Waals surface area contributed by atoms with Crippen molar-refractivity contribution in [1.29, 1.82) is 0 Å². The largest absolute Gasteiger partial charge is 0.461 e. The van der Waals surface area contributed by atoms with E-state index in [1.807, 2.05) is 44.2 Å². The van der Waals surface area contributed by atoms with Crippen LogP contribution in [0.5, 0.6) is 0 Å². The van der Waals surface area contributed by atoms with Gasteiger partial charge in [0.1, 0.15) is 12.4 Å². The van der Waals surface area contributed by atoms with Gasteiger partial charge in [0.2, 0.25) is 17.6 Å². The van der Waals surface area contributed by atoms with Gasteiger partial charge in [0.25, 0.3) is 5.91 Å². The molecule has 0 saturated heterocycles. The fourth-order valence-electron chi connectivity index (χ4n) is 4.31. The summed E-state index contributed by atoms with van der Waals surface area (Å²) in [5, 5.41) is 5.24. The monoisotopic (exact) mass is 525 g/mol. The molecule has 38 heavy (non-hydrogen) atoms. The molecule has 2 N–H and O–H groups in total. The Kier molecular flexibility index (Phi) is 9.92. The summed E-state index contributed by atoms with van der Waals surface area (Å²) < 4.78 is 10.9. The van der Waals surface area contributed by atoms with Crippen molar-refractivity contribution in [2.45, 2.75) is 66.2 Å². The van der Waals surface area contributed by atoms with Crippen LogP contribution in [0.2, 0.25) is 0 Å². The van der Waals surface area contributed by atoms with E-state index < -0.39 is 41.4 Å². The topological polar surface area (TPSA) is 145 Å². The molecule has 204 valence electrons. The average molecular weight is 526 g/mol. The lowest BCUT2D eigenvalue weighted by Crippen LogP contribution is -2.49. The molecule has 1 aromatic carbocycles. The van der Waals surface area contributed by atoms with Gasteiger partial charge in [-0.2, -0.15) is 0 Å². The number of hydrogen-bond acceptors (Lipinski definition) is 8. The zero-order chi connectivity index (χ0) is 27.8. The van der Waals surface area contributed by atoms with Crippen molar-refractivity contribution >= 4 is 29.4 Å². The second kappa shape index (κ2) is 13.1. The van der Waals surface area contributed by atoms with Crippen LogP contribution in [0.25, 0.3) is 0 Å². The first-order valence-electron chi connectivity index (χ1n) is 12.8. The summed E-state index contributed by atoms with van der Waals surface area (Å²) in [6, 6.07) is 8.33. The van der Waals surface area contributed by atoms with Crippen LogP contribution in [-0.2, 0) is 48.3 Å². The van der Waals surface area contributed by atoms with Crippen molar-refractivity contribution in [2.75, 3.05) is 0 Å². The number of oxazole rings is 1. The van der Waals surface area contributed by atoms with Gasteiger partial charge in [0.15, 0.2) is 5.78 Å². The Hall–Kier alpha value is -3.82. The second-order valence-electron chi connectivity index (χ2n) is 10.3. The molecule has 0 fully saturated rings. The number of hydrogen-bond donors (Lipinski definition) is 2. The van der Waals surface area contributed by atoms with Gasteiger partial charge in [-0.25, -0.2) is 4.98 Å². The highest BCUT2D eigenvalue weighted by molar-refractivity contribution is 6.37. The summed E-state index contributed by atoms with van der Waals surface area (Å²) in [6.07, 6.45) is 1.14. The quantitative estimate of drug-likeness (QED) is 0.336.